The van der Waals surface area contributed by atoms with Crippen molar-refractivity contribution < 1.29 is 0 Å². The molecule has 4 aromatic rings. The Hall–Kier alpha value is -3.62. The molecule has 0 saturated heterocycles. The molecule has 0 spiro atoms. The largest absolute Gasteiger partial charge is 0.192 e. The van der Waals surface area contributed by atoms with Crippen LogP contribution in [-0.2, 0) is 6.42 Å². The second-order valence-electron chi connectivity index (χ2n) is 6.00. The first-order valence-corrected chi connectivity index (χ1v) is 8.14. The van der Waals surface area contributed by atoms with Crippen LogP contribution in [0.1, 0.15) is 22.3 Å². The van der Waals surface area contributed by atoms with Gasteiger partial charge in [0.15, 0.2) is 0 Å². The van der Waals surface area contributed by atoms with Gasteiger partial charge in [-0.15, -0.1) is 0 Å². The Morgan fingerprint density at radius 1 is 0.600 bits per heavy atom. The first-order valence-electron chi connectivity index (χ1n) is 8.14. The summed E-state index contributed by atoms with van der Waals surface area (Å²) >= 11 is 0. The standard InChI is InChI=1S/C23H14N2/c24-14-17-8-2-1-7-16(17)13-22-20-11-5-3-9-18(20)19-10-4-6-12-21(19)23(22)15-25/h1-12H,13H2. The molecule has 2 nitrogen and oxygen atoms in total. The smallest absolute Gasteiger partial charge is 0.100 e. The predicted octanol–water partition coefficient (Wildman–Crippen LogP) is 5.33. The Bertz CT molecular complexity index is 1190. The van der Waals surface area contributed by atoms with E-state index < -0.39 is 0 Å². The molecule has 4 aromatic carbocycles. The number of nitrogens with zero attached hydrogens (tertiary/aromatic N) is 2. The Balaban J connectivity index is 2.08. The van der Waals surface area contributed by atoms with Crippen LogP contribution in [0.5, 0.6) is 0 Å². The number of hydrogen-bond donors (Lipinski definition) is 0. The second-order valence-corrected chi connectivity index (χ2v) is 6.00. The number of hydrogen-bond acceptors (Lipinski definition) is 2. The molecule has 2 heteroatoms. The molecule has 0 aliphatic carbocycles. The molecule has 0 fully saturated rings. The predicted molar refractivity (Wildman–Crippen MR) is 100 cm³/mol. The minimum atomic E-state index is 0.567. The first kappa shape index (κ1) is 14.9. The van der Waals surface area contributed by atoms with Gasteiger partial charge >= 0.3 is 0 Å². The molecule has 0 saturated carbocycles. The lowest BCUT2D eigenvalue weighted by molar-refractivity contribution is 1.19. The zero-order chi connectivity index (χ0) is 17.2. The Morgan fingerprint density at radius 3 is 1.84 bits per heavy atom. The third-order valence-electron chi connectivity index (χ3n) is 4.66. The van der Waals surface area contributed by atoms with E-state index in [0.29, 0.717) is 17.5 Å². The van der Waals surface area contributed by atoms with Crippen LogP contribution in [0.2, 0.25) is 0 Å². The van der Waals surface area contributed by atoms with Gasteiger partial charge in [-0.25, -0.2) is 0 Å². The van der Waals surface area contributed by atoms with Crippen LogP contribution in [-0.4, -0.2) is 0 Å². The maximum atomic E-state index is 9.87. The minimum Gasteiger partial charge on any atom is -0.192 e. The van der Waals surface area contributed by atoms with Gasteiger partial charge in [-0.3, -0.25) is 0 Å². The van der Waals surface area contributed by atoms with Crippen LogP contribution in [0, 0.1) is 22.7 Å². The van der Waals surface area contributed by atoms with Crippen LogP contribution in [0.25, 0.3) is 21.5 Å². The van der Waals surface area contributed by atoms with Crippen molar-refractivity contribution in [2.45, 2.75) is 6.42 Å². The summed E-state index contributed by atoms with van der Waals surface area (Å²) in [6.45, 7) is 0. The number of benzene rings is 4. The summed E-state index contributed by atoms with van der Waals surface area (Å²) in [5, 5.41) is 23.5. The fourth-order valence-corrected chi connectivity index (χ4v) is 3.50. The third-order valence-corrected chi connectivity index (χ3v) is 4.66. The minimum absolute atomic E-state index is 0.567. The van der Waals surface area contributed by atoms with Crippen LogP contribution >= 0.6 is 0 Å². The highest BCUT2D eigenvalue weighted by atomic mass is 14.3. The van der Waals surface area contributed by atoms with Crippen LogP contribution in [0.15, 0.2) is 72.8 Å². The SMILES string of the molecule is N#Cc1ccccc1Cc1c(C#N)c2ccccc2c2ccccc12. The average Bonchev–Trinajstić information content (AvgIpc) is 2.68. The monoisotopic (exact) mass is 318 g/mol. The summed E-state index contributed by atoms with van der Waals surface area (Å²) < 4.78 is 0. The van der Waals surface area contributed by atoms with Crippen molar-refractivity contribution in [1.29, 1.82) is 10.5 Å². The van der Waals surface area contributed by atoms with Crippen molar-refractivity contribution in [2.24, 2.45) is 0 Å². The van der Waals surface area contributed by atoms with Crippen molar-refractivity contribution >= 4 is 21.5 Å². The number of fused-ring (bicyclic) bond motifs is 3. The van der Waals surface area contributed by atoms with E-state index in [1.165, 1.54) is 0 Å². The highest BCUT2D eigenvalue weighted by molar-refractivity contribution is 6.11. The second kappa shape index (κ2) is 6.11. The van der Waals surface area contributed by atoms with E-state index in [4.69, 9.17) is 0 Å². The Kier molecular flexibility index (Phi) is 3.65. The molecule has 4 rings (SSSR count). The van der Waals surface area contributed by atoms with Crippen molar-refractivity contribution in [3.8, 4) is 12.1 Å². The van der Waals surface area contributed by atoms with E-state index in [2.05, 4.69) is 30.3 Å². The maximum Gasteiger partial charge on any atom is 0.100 e. The normalized spacial score (nSPS) is 10.5. The molecular weight excluding hydrogens is 304 g/mol. The van der Waals surface area contributed by atoms with E-state index >= 15 is 0 Å². The summed E-state index contributed by atoms with van der Waals surface area (Å²) in [5.74, 6) is 0. The number of rotatable bonds is 2. The van der Waals surface area contributed by atoms with Crippen LogP contribution in [0.4, 0.5) is 0 Å². The summed E-state index contributed by atoms with van der Waals surface area (Å²) in [7, 11) is 0. The maximum absolute atomic E-state index is 9.87. The molecule has 0 aliphatic rings. The fourth-order valence-electron chi connectivity index (χ4n) is 3.50. The van der Waals surface area contributed by atoms with Gasteiger partial charge in [-0.05, 0) is 33.4 Å². The van der Waals surface area contributed by atoms with Crippen LogP contribution < -0.4 is 0 Å². The molecule has 0 atom stereocenters. The van der Waals surface area contributed by atoms with Crippen molar-refractivity contribution in [1.82, 2.24) is 0 Å². The molecule has 0 bridgehead atoms. The van der Waals surface area contributed by atoms with Crippen LogP contribution in [0.3, 0.4) is 0 Å². The molecular formula is C23H14N2. The molecule has 0 amide bonds. The molecule has 0 aromatic heterocycles. The van der Waals surface area contributed by atoms with Gasteiger partial charge in [-0.2, -0.15) is 10.5 Å². The summed E-state index contributed by atoms with van der Waals surface area (Å²) in [6.07, 6.45) is 0.567. The Morgan fingerprint density at radius 2 is 1.16 bits per heavy atom. The third kappa shape index (κ3) is 2.42. The molecule has 0 unspecified atom stereocenters. The summed E-state index contributed by atoms with van der Waals surface area (Å²) in [4.78, 5) is 0. The van der Waals surface area contributed by atoms with Crippen molar-refractivity contribution in [2.75, 3.05) is 0 Å². The van der Waals surface area contributed by atoms with Gasteiger partial charge in [0.25, 0.3) is 0 Å². The zero-order valence-corrected chi connectivity index (χ0v) is 13.5. The average molecular weight is 318 g/mol. The lowest BCUT2D eigenvalue weighted by Gasteiger charge is -2.14. The van der Waals surface area contributed by atoms with E-state index in [9.17, 15) is 10.5 Å². The fraction of sp³-hybridized carbons (Fsp3) is 0.0435. The van der Waals surface area contributed by atoms with Gasteiger partial charge < -0.3 is 0 Å². The van der Waals surface area contributed by atoms with Gasteiger partial charge in [-0.1, -0.05) is 66.7 Å². The van der Waals surface area contributed by atoms with Gasteiger partial charge in [0.2, 0.25) is 0 Å². The number of nitriles is 2. The van der Waals surface area contributed by atoms with E-state index in [1.807, 2.05) is 54.6 Å². The van der Waals surface area contributed by atoms with E-state index in [0.717, 1.165) is 32.7 Å². The summed E-state index contributed by atoms with van der Waals surface area (Å²) in [5.41, 5.74) is 3.28. The first-order chi connectivity index (χ1) is 12.3. The van der Waals surface area contributed by atoms with Gasteiger partial charge in [0.05, 0.1) is 17.2 Å². The Labute approximate surface area is 146 Å². The van der Waals surface area contributed by atoms with Gasteiger partial charge in [0, 0.05) is 11.8 Å². The molecule has 0 aliphatic heterocycles. The molecule has 0 heterocycles. The van der Waals surface area contributed by atoms with Crippen molar-refractivity contribution in [3.05, 3.63) is 95.1 Å². The van der Waals surface area contributed by atoms with Gasteiger partial charge in [0.1, 0.15) is 6.07 Å². The highest BCUT2D eigenvalue weighted by Gasteiger charge is 2.15. The molecule has 0 radical (unpaired) electrons. The van der Waals surface area contributed by atoms with Crippen molar-refractivity contribution in [3.63, 3.8) is 0 Å². The molecule has 25 heavy (non-hydrogen) atoms. The molecule has 116 valence electrons. The quantitative estimate of drug-likeness (QED) is 0.469. The topological polar surface area (TPSA) is 47.6 Å². The van der Waals surface area contributed by atoms with E-state index in [-0.39, 0.29) is 0 Å². The highest BCUT2D eigenvalue weighted by Crippen LogP contribution is 2.34. The van der Waals surface area contributed by atoms with E-state index in [1.54, 1.807) is 0 Å². The lowest BCUT2D eigenvalue weighted by Crippen LogP contribution is -1.98. The summed E-state index contributed by atoms with van der Waals surface area (Å²) in [6, 6.07) is 28.5. The molecule has 0 N–H and O–H groups in total. The lowest BCUT2D eigenvalue weighted by atomic mass is 9.88. The zero-order valence-electron chi connectivity index (χ0n) is 13.5.